The third-order valence-corrected chi connectivity index (χ3v) is 7.02. The fourth-order valence-electron chi connectivity index (χ4n) is 3.47. The van der Waals surface area contributed by atoms with Crippen LogP contribution in [0.15, 0.2) is 58.4 Å². The highest BCUT2D eigenvalue weighted by Crippen LogP contribution is 2.23. The SMILES string of the molecule is COc1ccc(S(=O)(=O)N2CCN(c3nc4ccccn4c(=O)c3C=O)CC2)cc1. The number of aldehydes is 1. The van der Waals surface area contributed by atoms with Gasteiger partial charge in [0.15, 0.2) is 6.29 Å². The van der Waals surface area contributed by atoms with Crippen molar-refractivity contribution in [2.24, 2.45) is 0 Å². The summed E-state index contributed by atoms with van der Waals surface area (Å²) in [6, 6.07) is 11.4. The molecule has 0 amide bonds. The highest BCUT2D eigenvalue weighted by molar-refractivity contribution is 7.89. The molecule has 9 nitrogen and oxygen atoms in total. The van der Waals surface area contributed by atoms with E-state index in [2.05, 4.69) is 4.98 Å². The zero-order valence-corrected chi connectivity index (χ0v) is 17.1. The van der Waals surface area contributed by atoms with Gasteiger partial charge in [0, 0.05) is 32.4 Å². The standard InChI is InChI=1S/C20H20N4O5S/c1-29-15-5-7-16(8-6-15)30(27,28)23-12-10-22(11-13-23)19-17(14-25)20(26)24-9-3-2-4-18(24)21-19/h2-9,14H,10-13H2,1H3. The van der Waals surface area contributed by atoms with Crippen LogP contribution in [-0.4, -0.2) is 61.7 Å². The molecule has 0 spiro atoms. The normalized spacial score (nSPS) is 15.3. The van der Waals surface area contributed by atoms with Crippen molar-refractivity contribution in [3.63, 3.8) is 0 Å². The maximum Gasteiger partial charge on any atom is 0.270 e. The van der Waals surface area contributed by atoms with Gasteiger partial charge >= 0.3 is 0 Å². The number of rotatable bonds is 5. The predicted molar refractivity (Wildman–Crippen MR) is 111 cm³/mol. The Bertz CT molecular complexity index is 1250. The minimum absolute atomic E-state index is 0.0369. The van der Waals surface area contributed by atoms with Crippen LogP contribution < -0.4 is 15.2 Å². The lowest BCUT2D eigenvalue weighted by Crippen LogP contribution is -2.49. The fraction of sp³-hybridized carbons (Fsp3) is 0.250. The third-order valence-electron chi connectivity index (χ3n) is 5.10. The summed E-state index contributed by atoms with van der Waals surface area (Å²) in [6.07, 6.45) is 2.06. The van der Waals surface area contributed by atoms with Gasteiger partial charge in [-0.25, -0.2) is 13.4 Å². The number of nitrogens with zero attached hydrogens (tertiary/aromatic N) is 4. The number of piperazine rings is 1. The van der Waals surface area contributed by atoms with Crippen molar-refractivity contribution < 1.29 is 17.9 Å². The lowest BCUT2D eigenvalue weighted by atomic mass is 10.2. The number of carbonyl (C=O) groups is 1. The van der Waals surface area contributed by atoms with E-state index >= 15 is 0 Å². The molecule has 1 aliphatic heterocycles. The van der Waals surface area contributed by atoms with Gasteiger partial charge in [0.25, 0.3) is 5.56 Å². The predicted octanol–water partition coefficient (Wildman–Crippen LogP) is 1.03. The van der Waals surface area contributed by atoms with Gasteiger partial charge in [0.05, 0.1) is 12.0 Å². The second-order valence-corrected chi connectivity index (χ2v) is 8.71. The first-order valence-electron chi connectivity index (χ1n) is 9.31. The summed E-state index contributed by atoms with van der Waals surface area (Å²) in [4.78, 5) is 30.7. The molecule has 156 valence electrons. The first kappa shape index (κ1) is 20.0. The summed E-state index contributed by atoms with van der Waals surface area (Å²) in [5.74, 6) is 0.858. The summed E-state index contributed by atoms with van der Waals surface area (Å²) in [7, 11) is -2.14. The zero-order chi connectivity index (χ0) is 21.3. The number of hydrogen-bond acceptors (Lipinski definition) is 7. The summed E-state index contributed by atoms with van der Waals surface area (Å²) >= 11 is 0. The molecule has 1 saturated heterocycles. The maximum absolute atomic E-state index is 12.9. The van der Waals surface area contributed by atoms with Crippen LogP contribution in [0.25, 0.3) is 5.65 Å². The number of pyridine rings is 1. The summed E-state index contributed by atoms with van der Waals surface area (Å²) < 4.78 is 33.6. The fourth-order valence-corrected chi connectivity index (χ4v) is 4.89. The van der Waals surface area contributed by atoms with Crippen LogP contribution in [0.1, 0.15) is 10.4 Å². The highest BCUT2D eigenvalue weighted by atomic mass is 32.2. The Balaban J connectivity index is 1.59. The molecule has 0 radical (unpaired) electrons. The molecule has 10 heteroatoms. The molecule has 3 heterocycles. The first-order chi connectivity index (χ1) is 14.5. The van der Waals surface area contributed by atoms with Crippen LogP contribution in [0.5, 0.6) is 5.75 Å². The molecule has 1 fully saturated rings. The Labute approximate surface area is 173 Å². The van der Waals surface area contributed by atoms with Gasteiger partial charge in [-0.2, -0.15) is 4.31 Å². The summed E-state index contributed by atoms with van der Waals surface area (Å²) in [6.45, 7) is 1.04. The van der Waals surface area contributed by atoms with Crippen LogP contribution >= 0.6 is 0 Å². The molecule has 4 rings (SSSR count). The molecule has 3 aromatic rings. The summed E-state index contributed by atoms with van der Waals surface area (Å²) in [5.41, 5.74) is -0.0552. The molecule has 2 aromatic heterocycles. The Morgan fingerprint density at radius 2 is 1.73 bits per heavy atom. The minimum atomic E-state index is -3.66. The smallest absolute Gasteiger partial charge is 0.270 e. The second-order valence-electron chi connectivity index (χ2n) is 6.77. The highest BCUT2D eigenvalue weighted by Gasteiger charge is 2.30. The molecule has 30 heavy (non-hydrogen) atoms. The van der Waals surface area contributed by atoms with E-state index in [4.69, 9.17) is 4.74 Å². The van der Waals surface area contributed by atoms with Gasteiger partial charge in [-0.3, -0.25) is 14.0 Å². The van der Waals surface area contributed by atoms with Gasteiger partial charge in [0.2, 0.25) is 10.0 Å². The van der Waals surface area contributed by atoms with Crippen LogP contribution in [0.3, 0.4) is 0 Å². The van der Waals surface area contributed by atoms with Gasteiger partial charge in [0.1, 0.15) is 22.8 Å². The second kappa shape index (κ2) is 7.88. The largest absolute Gasteiger partial charge is 0.497 e. The number of methoxy groups -OCH3 is 1. The van der Waals surface area contributed by atoms with Crippen molar-refractivity contribution in [1.29, 1.82) is 0 Å². The number of hydrogen-bond donors (Lipinski definition) is 0. The lowest BCUT2D eigenvalue weighted by molar-refractivity contribution is 0.112. The van der Waals surface area contributed by atoms with E-state index < -0.39 is 15.6 Å². The van der Waals surface area contributed by atoms with Crippen LogP contribution in [0, 0.1) is 0 Å². The molecule has 0 saturated carbocycles. The zero-order valence-electron chi connectivity index (χ0n) is 16.3. The van der Waals surface area contributed by atoms with Crippen molar-refractivity contribution in [2.75, 3.05) is 38.2 Å². The number of anilines is 1. The Hall–Kier alpha value is -3.24. The van der Waals surface area contributed by atoms with Gasteiger partial charge < -0.3 is 9.64 Å². The summed E-state index contributed by atoms with van der Waals surface area (Å²) in [5, 5.41) is 0. The monoisotopic (exact) mass is 428 g/mol. The quantitative estimate of drug-likeness (QED) is 0.560. The number of benzene rings is 1. The van der Waals surface area contributed by atoms with E-state index in [-0.39, 0.29) is 29.4 Å². The minimum Gasteiger partial charge on any atom is -0.497 e. The number of ether oxygens (including phenoxy) is 1. The molecular weight excluding hydrogens is 408 g/mol. The van der Waals surface area contributed by atoms with Gasteiger partial charge in [-0.05, 0) is 36.4 Å². The van der Waals surface area contributed by atoms with Crippen molar-refractivity contribution in [2.45, 2.75) is 4.90 Å². The molecule has 0 aliphatic carbocycles. The molecule has 1 aliphatic rings. The van der Waals surface area contributed by atoms with Crippen molar-refractivity contribution >= 4 is 27.8 Å². The third kappa shape index (κ3) is 3.44. The number of fused-ring (bicyclic) bond motifs is 1. The van der Waals surface area contributed by atoms with Crippen LogP contribution in [0.4, 0.5) is 5.82 Å². The Morgan fingerprint density at radius 1 is 1.03 bits per heavy atom. The number of sulfonamides is 1. The molecule has 0 N–H and O–H groups in total. The van der Waals surface area contributed by atoms with E-state index in [9.17, 15) is 18.0 Å². The number of carbonyl (C=O) groups excluding carboxylic acids is 1. The molecule has 0 atom stereocenters. The van der Waals surface area contributed by atoms with Crippen molar-refractivity contribution in [1.82, 2.24) is 13.7 Å². The van der Waals surface area contributed by atoms with E-state index in [1.54, 1.807) is 41.4 Å². The lowest BCUT2D eigenvalue weighted by Gasteiger charge is -2.35. The van der Waals surface area contributed by atoms with Crippen LogP contribution in [-0.2, 0) is 10.0 Å². The first-order valence-corrected chi connectivity index (χ1v) is 10.8. The Kier molecular flexibility index (Phi) is 5.27. The molecule has 0 bridgehead atoms. The van der Waals surface area contributed by atoms with Gasteiger partial charge in [-0.15, -0.1) is 0 Å². The van der Waals surface area contributed by atoms with E-state index in [1.165, 1.54) is 27.9 Å². The molecular formula is C20H20N4O5S. The molecule has 1 aromatic carbocycles. The maximum atomic E-state index is 12.9. The average Bonchev–Trinajstić information content (AvgIpc) is 2.79. The van der Waals surface area contributed by atoms with Gasteiger partial charge in [-0.1, -0.05) is 6.07 Å². The van der Waals surface area contributed by atoms with Crippen molar-refractivity contribution in [3.05, 3.63) is 64.6 Å². The number of aromatic nitrogens is 2. The topological polar surface area (TPSA) is 101 Å². The Morgan fingerprint density at radius 3 is 2.37 bits per heavy atom. The average molecular weight is 428 g/mol. The van der Waals surface area contributed by atoms with E-state index in [0.717, 1.165) is 0 Å². The molecule has 0 unspecified atom stereocenters. The van der Waals surface area contributed by atoms with Crippen LogP contribution in [0.2, 0.25) is 0 Å². The van der Waals surface area contributed by atoms with Crippen molar-refractivity contribution in [3.8, 4) is 5.75 Å². The van der Waals surface area contributed by atoms with E-state index in [0.29, 0.717) is 30.8 Å². The van der Waals surface area contributed by atoms with E-state index in [1.807, 2.05) is 0 Å².